The molecule has 0 radical (unpaired) electrons. The summed E-state index contributed by atoms with van der Waals surface area (Å²) in [6.45, 7) is 8.93. The zero-order valence-electron chi connectivity index (χ0n) is 36.0. The number of ether oxygens (including phenoxy) is 3. The normalized spacial score (nSPS) is 11.9. The van der Waals surface area contributed by atoms with Crippen molar-refractivity contribution in [1.29, 1.82) is 0 Å². The van der Waals surface area contributed by atoms with Crippen LogP contribution in [0.1, 0.15) is 259 Å². The molecule has 314 valence electrons. The Bertz CT molecular complexity index is 796. The minimum Gasteiger partial charge on any atom is -0.462 e. The van der Waals surface area contributed by atoms with Crippen LogP contribution < -0.4 is 0 Å². The maximum Gasteiger partial charge on any atom is 0.306 e. The summed E-state index contributed by atoms with van der Waals surface area (Å²) in [6, 6.07) is 0. The summed E-state index contributed by atoms with van der Waals surface area (Å²) in [5, 5.41) is 0. The third-order valence-corrected chi connectivity index (χ3v) is 10.5. The van der Waals surface area contributed by atoms with Crippen molar-refractivity contribution >= 4 is 17.9 Å². The van der Waals surface area contributed by atoms with Crippen LogP contribution in [0.25, 0.3) is 0 Å². The van der Waals surface area contributed by atoms with Crippen molar-refractivity contribution in [2.24, 2.45) is 5.92 Å². The van der Waals surface area contributed by atoms with E-state index in [4.69, 9.17) is 14.2 Å². The summed E-state index contributed by atoms with van der Waals surface area (Å²) < 4.78 is 16.6. The van der Waals surface area contributed by atoms with Gasteiger partial charge in [-0.1, -0.05) is 220 Å². The fourth-order valence-corrected chi connectivity index (χ4v) is 6.98. The van der Waals surface area contributed by atoms with Gasteiger partial charge in [-0.25, -0.2) is 0 Å². The zero-order chi connectivity index (χ0) is 38.9. The molecule has 0 aliphatic rings. The highest BCUT2D eigenvalue weighted by molar-refractivity contribution is 5.71. The lowest BCUT2D eigenvalue weighted by Crippen LogP contribution is -2.30. The van der Waals surface area contributed by atoms with Crippen LogP contribution >= 0.6 is 0 Å². The zero-order valence-corrected chi connectivity index (χ0v) is 36.0. The first-order chi connectivity index (χ1) is 25.9. The van der Waals surface area contributed by atoms with Crippen molar-refractivity contribution in [1.82, 2.24) is 0 Å². The van der Waals surface area contributed by atoms with Crippen LogP contribution in [-0.4, -0.2) is 37.2 Å². The number of hydrogen-bond donors (Lipinski definition) is 0. The van der Waals surface area contributed by atoms with Gasteiger partial charge in [0.05, 0.1) is 0 Å². The molecule has 0 amide bonds. The largest absolute Gasteiger partial charge is 0.462 e. The van der Waals surface area contributed by atoms with Gasteiger partial charge in [-0.05, 0) is 25.2 Å². The first kappa shape index (κ1) is 51.4. The Hall–Kier alpha value is -1.59. The fourth-order valence-electron chi connectivity index (χ4n) is 6.98. The van der Waals surface area contributed by atoms with Crippen LogP contribution in [0.2, 0.25) is 0 Å². The molecule has 0 bridgehead atoms. The number of unbranched alkanes of at least 4 members (excludes halogenated alkanes) is 29. The predicted octanol–water partition coefficient (Wildman–Crippen LogP) is 14.7. The summed E-state index contributed by atoms with van der Waals surface area (Å²) in [5.41, 5.74) is 0. The minimum absolute atomic E-state index is 0.0644. The quantitative estimate of drug-likeness (QED) is 0.0351. The third-order valence-electron chi connectivity index (χ3n) is 10.5. The molecule has 0 heterocycles. The molecular weight excluding hydrogens is 661 g/mol. The van der Waals surface area contributed by atoms with Crippen LogP contribution in [0.4, 0.5) is 0 Å². The molecule has 0 unspecified atom stereocenters. The molecule has 6 nitrogen and oxygen atoms in total. The highest BCUT2D eigenvalue weighted by Gasteiger charge is 2.19. The van der Waals surface area contributed by atoms with E-state index in [9.17, 15) is 14.4 Å². The maximum absolute atomic E-state index is 12.7. The Kier molecular flexibility index (Phi) is 40.3. The standard InChI is InChI=1S/C47H90O6/c1-5-7-9-11-12-13-14-15-16-17-21-24-27-31-35-39-46(49)52-42-44(41-51-45(48)38-34-29-10-8-6-2)53-47(50)40-36-32-28-25-22-19-18-20-23-26-30-33-37-43(3)4/h43-44H,5-42H2,1-4H3/t44-/m1/s1. The van der Waals surface area contributed by atoms with Crippen molar-refractivity contribution in [3.05, 3.63) is 0 Å². The van der Waals surface area contributed by atoms with Gasteiger partial charge in [0.1, 0.15) is 13.2 Å². The van der Waals surface area contributed by atoms with Crippen molar-refractivity contribution in [2.75, 3.05) is 13.2 Å². The molecule has 53 heavy (non-hydrogen) atoms. The van der Waals surface area contributed by atoms with E-state index in [0.29, 0.717) is 19.3 Å². The van der Waals surface area contributed by atoms with Crippen molar-refractivity contribution in [2.45, 2.75) is 265 Å². The lowest BCUT2D eigenvalue weighted by atomic mass is 10.0. The van der Waals surface area contributed by atoms with Gasteiger partial charge in [0.15, 0.2) is 6.10 Å². The van der Waals surface area contributed by atoms with Crippen molar-refractivity contribution in [3.63, 3.8) is 0 Å². The van der Waals surface area contributed by atoms with E-state index in [1.54, 1.807) is 0 Å². The molecule has 0 N–H and O–H groups in total. The summed E-state index contributed by atoms with van der Waals surface area (Å²) in [4.78, 5) is 37.5. The smallest absolute Gasteiger partial charge is 0.306 e. The Morgan fingerprint density at radius 3 is 0.925 bits per heavy atom. The molecule has 6 heteroatoms. The van der Waals surface area contributed by atoms with E-state index in [-0.39, 0.29) is 31.1 Å². The van der Waals surface area contributed by atoms with Gasteiger partial charge in [-0.2, -0.15) is 0 Å². The molecule has 1 atom stereocenters. The number of rotatable bonds is 42. The first-order valence-corrected chi connectivity index (χ1v) is 23.4. The number of carbonyl (C=O) groups excluding carboxylic acids is 3. The average Bonchev–Trinajstić information content (AvgIpc) is 3.14. The molecular formula is C47H90O6. The molecule has 0 saturated heterocycles. The Labute approximate surface area is 329 Å². The average molecular weight is 751 g/mol. The first-order valence-electron chi connectivity index (χ1n) is 23.4. The second kappa shape index (κ2) is 41.6. The molecule has 0 rings (SSSR count). The van der Waals surface area contributed by atoms with Gasteiger partial charge in [-0.3, -0.25) is 14.4 Å². The van der Waals surface area contributed by atoms with E-state index >= 15 is 0 Å². The molecule has 0 aromatic carbocycles. The minimum atomic E-state index is -0.758. The van der Waals surface area contributed by atoms with Gasteiger partial charge >= 0.3 is 17.9 Å². The van der Waals surface area contributed by atoms with E-state index in [0.717, 1.165) is 70.1 Å². The molecule has 0 fully saturated rings. The van der Waals surface area contributed by atoms with Gasteiger partial charge in [0, 0.05) is 19.3 Å². The Morgan fingerprint density at radius 1 is 0.358 bits per heavy atom. The van der Waals surface area contributed by atoms with Crippen LogP contribution in [0.5, 0.6) is 0 Å². The lowest BCUT2D eigenvalue weighted by Gasteiger charge is -2.18. The van der Waals surface area contributed by atoms with Crippen LogP contribution in [0.3, 0.4) is 0 Å². The Morgan fingerprint density at radius 2 is 0.623 bits per heavy atom. The summed E-state index contributed by atoms with van der Waals surface area (Å²) >= 11 is 0. The van der Waals surface area contributed by atoms with E-state index in [2.05, 4.69) is 27.7 Å². The molecule has 0 aliphatic heterocycles. The monoisotopic (exact) mass is 751 g/mol. The maximum atomic E-state index is 12.7. The highest BCUT2D eigenvalue weighted by atomic mass is 16.6. The van der Waals surface area contributed by atoms with E-state index in [1.807, 2.05) is 0 Å². The number of esters is 3. The molecule has 0 spiro atoms. The van der Waals surface area contributed by atoms with Crippen molar-refractivity contribution < 1.29 is 28.6 Å². The third kappa shape index (κ3) is 41.4. The second-order valence-corrected chi connectivity index (χ2v) is 16.5. The Balaban J connectivity index is 4.16. The highest BCUT2D eigenvalue weighted by Crippen LogP contribution is 2.16. The number of hydrogen-bond acceptors (Lipinski definition) is 6. The summed E-state index contributed by atoms with van der Waals surface area (Å²) in [5.74, 6) is -0.0335. The molecule has 0 aliphatic carbocycles. The van der Waals surface area contributed by atoms with Crippen LogP contribution in [-0.2, 0) is 28.6 Å². The topological polar surface area (TPSA) is 78.9 Å². The van der Waals surface area contributed by atoms with Crippen LogP contribution in [0.15, 0.2) is 0 Å². The van der Waals surface area contributed by atoms with Gasteiger partial charge in [-0.15, -0.1) is 0 Å². The van der Waals surface area contributed by atoms with Gasteiger partial charge in [0.25, 0.3) is 0 Å². The summed E-state index contributed by atoms with van der Waals surface area (Å²) in [6.07, 6.45) is 41.1. The lowest BCUT2D eigenvalue weighted by molar-refractivity contribution is -0.167. The van der Waals surface area contributed by atoms with E-state index < -0.39 is 6.10 Å². The van der Waals surface area contributed by atoms with Crippen molar-refractivity contribution in [3.8, 4) is 0 Å². The van der Waals surface area contributed by atoms with E-state index in [1.165, 1.54) is 148 Å². The van der Waals surface area contributed by atoms with Gasteiger partial charge < -0.3 is 14.2 Å². The predicted molar refractivity (Wildman–Crippen MR) is 224 cm³/mol. The fraction of sp³-hybridized carbons (Fsp3) is 0.936. The molecule has 0 saturated carbocycles. The van der Waals surface area contributed by atoms with Crippen LogP contribution in [0, 0.1) is 5.92 Å². The summed E-state index contributed by atoms with van der Waals surface area (Å²) in [7, 11) is 0. The van der Waals surface area contributed by atoms with Gasteiger partial charge in [0.2, 0.25) is 0 Å². The molecule has 0 aromatic rings. The number of carbonyl (C=O) groups is 3. The molecule has 0 aromatic heterocycles. The second-order valence-electron chi connectivity index (χ2n) is 16.5. The SMILES string of the molecule is CCCCCCCCCCCCCCCCCC(=O)OC[C@@H](COC(=O)CCCCCCC)OC(=O)CCCCCCCCCCCCCCC(C)C.